The van der Waals surface area contributed by atoms with Gasteiger partial charge in [0.15, 0.2) is 0 Å². The van der Waals surface area contributed by atoms with Gasteiger partial charge in [-0.3, -0.25) is 14.4 Å². The molecule has 48 heavy (non-hydrogen) atoms. The molecule has 1 saturated heterocycles. The molecule has 2 aromatic heterocycles. The summed E-state index contributed by atoms with van der Waals surface area (Å²) in [6, 6.07) is 18.0. The number of nitrogens with two attached hydrogens (primary N) is 1. The molecule has 0 radical (unpaired) electrons. The highest BCUT2D eigenvalue weighted by molar-refractivity contribution is 5.98. The molecule has 0 bridgehead atoms. The first-order valence-corrected chi connectivity index (χ1v) is 16.6. The third kappa shape index (κ3) is 8.09. The van der Waals surface area contributed by atoms with Gasteiger partial charge in [-0.15, -0.1) is 10.2 Å². The van der Waals surface area contributed by atoms with Gasteiger partial charge in [0, 0.05) is 47.4 Å². The number of rotatable bonds is 11. The molecule has 4 aromatic rings. The second-order valence-electron chi connectivity index (χ2n) is 12.7. The van der Waals surface area contributed by atoms with Crippen molar-refractivity contribution in [2.45, 2.75) is 57.5 Å². The number of anilines is 1. The molecule has 13 heteroatoms. The summed E-state index contributed by atoms with van der Waals surface area (Å²) >= 11 is 0. The molecular weight excluding hydrogens is 608 g/mol. The fourth-order valence-electron chi connectivity index (χ4n) is 6.46. The van der Waals surface area contributed by atoms with Gasteiger partial charge in [0.1, 0.15) is 11.7 Å². The number of nitrogens with zero attached hydrogens (tertiary/aromatic N) is 4. The van der Waals surface area contributed by atoms with Gasteiger partial charge in [0.05, 0.1) is 0 Å². The van der Waals surface area contributed by atoms with E-state index in [1.165, 1.54) is 0 Å². The number of hydrogen-bond donors (Lipinski definition) is 6. The Hall–Kier alpha value is -5.01. The summed E-state index contributed by atoms with van der Waals surface area (Å²) in [4.78, 5) is 44.3. The Kier molecular flexibility index (Phi) is 10.5. The lowest BCUT2D eigenvalue weighted by atomic mass is 9.81. The highest BCUT2D eigenvalue weighted by Crippen LogP contribution is 2.29. The fourth-order valence-corrected chi connectivity index (χ4v) is 6.46. The van der Waals surface area contributed by atoms with E-state index in [0.717, 1.165) is 73.1 Å². The molecule has 2 unspecified atom stereocenters. The number of aromatic amines is 1. The summed E-state index contributed by atoms with van der Waals surface area (Å²) in [5, 5.41) is 26.3. The van der Waals surface area contributed by atoms with Crippen LogP contribution in [0.15, 0.2) is 60.7 Å². The quantitative estimate of drug-likeness (QED) is 0.142. The van der Waals surface area contributed by atoms with Crippen LogP contribution in [-0.2, 0) is 16.0 Å². The Morgan fingerprint density at radius 1 is 0.938 bits per heavy atom. The molecule has 2 aromatic carbocycles. The largest absolute Gasteiger partial charge is 0.347 e. The summed E-state index contributed by atoms with van der Waals surface area (Å²) in [7, 11) is 0. The van der Waals surface area contributed by atoms with Crippen LogP contribution in [-0.4, -0.2) is 75.0 Å². The van der Waals surface area contributed by atoms with Crippen molar-refractivity contribution in [3.05, 3.63) is 77.6 Å². The topological polar surface area (TPSA) is 193 Å². The highest BCUT2D eigenvalue weighted by atomic mass is 16.2. The summed E-state index contributed by atoms with van der Waals surface area (Å²) in [5.74, 6) is 0.173. The Morgan fingerprint density at radius 3 is 2.33 bits per heavy atom. The zero-order valence-corrected chi connectivity index (χ0v) is 27.0. The normalized spacial score (nSPS) is 19.8. The van der Waals surface area contributed by atoms with Crippen LogP contribution in [0.1, 0.15) is 53.8 Å². The molecular formula is C35H42N10O3. The van der Waals surface area contributed by atoms with Crippen LogP contribution < -0.4 is 27.0 Å². The zero-order chi connectivity index (χ0) is 33.5. The Morgan fingerprint density at radius 2 is 1.69 bits per heavy atom. The van der Waals surface area contributed by atoms with Gasteiger partial charge in [-0.05, 0) is 105 Å². The number of hydrogen-bond acceptors (Lipinski definition) is 9. The van der Waals surface area contributed by atoms with Crippen LogP contribution >= 0.6 is 0 Å². The van der Waals surface area contributed by atoms with Gasteiger partial charge < -0.3 is 27.0 Å². The van der Waals surface area contributed by atoms with Crippen molar-refractivity contribution < 1.29 is 14.4 Å². The SMILES string of the molecule is Cc1nc(C(=O)NC2CCNC2)ccc1-c1ccc(CC(NC(=O)C2CCC(CN)CC2)C(=O)Nc2ccc(-c3nn[nH]n3)cc2)cc1. The standard InChI is InChI=1S/C35H42N10O3/c1-21-29(14-15-30(38-21)34(47)40-28-16-17-37-20-28)24-6-2-22(3-7-24)18-31(41-33(46)26-8-4-23(19-36)5-9-26)35(48)39-27-12-10-25(11-13-27)32-42-44-45-43-32/h2-3,6-7,10-15,23,26,28,31,37H,4-5,8-9,16-20,36H2,1H3,(H,39,48)(H,40,47)(H,41,46)(H,42,43,44,45). The zero-order valence-electron chi connectivity index (χ0n) is 27.0. The molecule has 2 fully saturated rings. The van der Waals surface area contributed by atoms with Crippen molar-refractivity contribution in [2.24, 2.45) is 17.6 Å². The average molecular weight is 651 g/mol. The lowest BCUT2D eigenvalue weighted by Crippen LogP contribution is -2.48. The first kappa shape index (κ1) is 32.9. The first-order valence-electron chi connectivity index (χ1n) is 16.6. The van der Waals surface area contributed by atoms with Crippen molar-refractivity contribution in [3.8, 4) is 22.5 Å². The minimum Gasteiger partial charge on any atom is -0.347 e. The van der Waals surface area contributed by atoms with Crippen molar-refractivity contribution in [3.63, 3.8) is 0 Å². The number of carbonyl (C=O) groups is 3. The van der Waals surface area contributed by atoms with E-state index >= 15 is 0 Å². The van der Waals surface area contributed by atoms with Crippen LogP contribution in [0.5, 0.6) is 0 Å². The number of tetrazole rings is 1. The molecule has 13 nitrogen and oxygen atoms in total. The summed E-state index contributed by atoms with van der Waals surface area (Å²) < 4.78 is 0. The molecule has 7 N–H and O–H groups in total. The van der Waals surface area contributed by atoms with Gasteiger partial charge >= 0.3 is 0 Å². The number of aryl methyl sites for hydroxylation is 1. The van der Waals surface area contributed by atoms with E-state index in [1.54, 1.807) is 30.3 Å². The van der Waals surface area contributed by atoms with E-state index in [0.29, 0.717) is 36.1 Å². The van der Waals surface area contributed by atoms with E-state index in [2.05, 4.69) is 46.9 Å². The molecule has 2 aliphatic rings. The summed E-state index contributed by atoms with van der Waals surface area (Å²) in [6.45, 7) is 4.20. The van der Waals surface area contributed by atoms with Gasteiger partial charge in [-0.1, -0.05) is 30.3 Å². The second kappa shape index (κ2) is 15.3. The predicted octanol–water partition coefficient (Wildman–Crippen LogP) is 2.76. The van der Waals surface area contributed by atoms with E-state index in [1.807, 2.05) is 37.3 Å². The van der Waals surface area contributed by atoms with Crippen LogP contribution in [0.25, 0.3) is 22.5 Å². The molecule has 6 rings (SSSR count). The molecule has 1 aliphatic heterocycles. The van der Waals surface area contributed by atoms with Crippen LogP contribution in [0.3, 0.4) is 0 Å². The van der Waals surface area contributed by atoms with Crippen molar-refractivity contribution in [2.75, 3.05) is 25.0 Å². The van der Waals surface area contributed by atoms with Crippen LogP contribution in [0.4, 0.5) is 5.69 Å². The number of benzene rings is 2. The average Bonchev–Trinajstić information content (AvgIpc) is 3.84. The molecule has 3 heterocycles. The van der Waals surface area contributed by atoms with Crippen molar-refractivity contribution >= 4 is 23.4 Å². The Bertz CT molecular complexity index is 1700. The molecule has 250 valence electrons. The van der Waals surface area contributed by atoms with E-state index in [4.69, 9.17) is 5.73 Å². The minimum atomic E-state index is -0.788. The van der Waals surface area contributed by atoms with Crippen LogP contribution in [0.2, 0.25) is 0 Å². The molecule has 1 aliphatic carbocycles. The number of aromatic nitrogens is 5. The predicted molar refractivity (Wildman–Crippen MR) is 182 cm³/mol. The third-order valence-electron chi connectivity index (χ3n) is 9.36. The Labute approximate surface area is 279 Å². The Balaban J connectivity index is 1.14. The maximum Gasteiger partial charge on any atom is 0.270 e. The van der Waals surface area contributed by atoms with Gasteiger partial charge in [0.2, 0.25) is 17.6 Å². The lowest BCUT2D eigenvalue weighted by Gasteiger charge is -2.28. The maximum atomic E-state index is 13.6. The smallest absolute Gasteiger partial charge is 0.270 e. The van der Waals surface area contributed by atoms with Crippen LogP contribution in [0, 0.1) is 18.8 Å². The van der Waals surface area contributed by atoms with E-state index < -0.39 is 6.04 Å². The highest BCUT2D eigenvalue weighted by Gasteiger charge is 2.29. The van der Waals surface area contributed by atoms with Gasteiger partial charge in [-0.25, -0.2) is 4.98 Å². The number of carbonyl (C=O) groups excluding carboxylic acids is 3. The van der Waals surface area contributed by atoms with Crippen molar-refractivity contribution in [1.82, 2.24) is 41.6 Å². The number of pyridine rings is 1. The summed E-state index contributed by atoms with van der Waals surface area (Å²) in [6.07, 6.45) is 4.57. The minimum absolute atomic E-state index is 0.107. The van der Waals surface area contributed by atoms with Gasteiger partial charge in [-0.2, -0.15) is 5.21 Å². The molecule has 3 amide bonds. The number of H-pyrrole nitrogens is 1. The first-order chi connectivity index (χ1) is 23.4. The maximum absolute atomic E-state index is 13.6. The monoisotopic (exact) mass is 650 g/mol. The number of nitrogens with one attached hydrogen (secondary N) is 5. The molecule has 0 spiro atoms. The van der Waals surface area contributed by atoms with Gasteiger partial charge in [0.25, 0.3) is 5.91 Å². The third-order valence-corrected chi connectivity index (χ3v) is 9.36. The fraction of sp³-hybridized carbons (Fsp3) is 0.400. The van der Waals surface area contributed by atoms with E-state index in [-0.39, 0.29) is 29.7 Å². The molecule has 2 atom stereocenters. The lowest BCUT2D eigenvalue weighted by molar-refractivity contribution is -0.130. The summed E-state index contributed by atoms with van der Waals surface area (Å²) in [5.41, 5.74) is 11.1. The number of amides is 3. The molecule has 1 saturated carbocycles. The van der Waals surface area contributed by atoms with E-state index in [9.17, 15) is 14.4 Å². The van der Waals surface area contributed by atoms with Crippen molar-refractivity contribution in [1.29, 1.82) is 0 Å². The second-order valence-corrected chi connectivity index (χ2v) is 12.7.